The van der Waals surface area contributed by atoms with Gasteiger partial charge in [-0.25, -0.2) is 0 Å². The van der Waals surface area contributed by atoms with Gasteiger partial charge < -0.3 is 16.5 Å². The molecule has 103 valence electrons. The molecule has 0 fully saturated rings. The minimum absolute atomic E-state index is 0.797. The van der Waals surface area contributed by atoms with Crippen LogP contribution >= 0.6 is 0 Å². The zero-order chi connectivity index (χ0) is 13.6. The molecular weight excluding hydrogens is 301 g/mol. The largest absolute Gasteiger partial charge is 0.467 e. The Morgan fingerprint density at radius 2 is 1.41 bits per heavy atom. The number of hydrogen-bond acceptors (Lipinski definition) is 4. The van der Waals surface area contributed by atoms with Gasteiger partial charge in [0.2, 0.25) is 0 Å². The molecule has 0 amide bonds. The lowest BCUT2D eigenvalue weighted by Gasteiger charge is -2.33. The molecule has 0 aromatic rings. The summed E-state index contributed by atoms with van der Waals surface area (Å²) in [6, 6.07) is 0. The van der Waals surface area contributed by atoms with E-state index < -0.39 is 45.2 Å². The van der Waals surface area contributed by atoms with Crippen LogP contribution in [0.25, 0.3) is 0 Å². The minimum Gasteiger partial charge on any atom is -0.442 e. The van der Waals surface area contributed by atoms with Crippen LogP contribution in [0.4, 0.5) is 0 Å². The van der Waals surface area contributed by atoms with Crippen LogP contribution < -0.4 is 0 Å². The highest BCUT2D eigenvalue weighted by Crippen LogP contribution is 2.15. The molecule has 0 aromatic heterocycles. The summed E-state index contributed by atoms with van der Waals surface area (Å²) >= 11 is 0. The van der Waals surface area contributed by atoms with Gasteiger partial charge in [0.15, 0.2) is 27.1 Å². The monoisotopic (exact) mass is 327 g/mol. The fourth-order valence-corrected chi connectivity index (χ4v) is 16.2. The molecule has 9 heteroatoms. The summed E-state index contributed by atoms with van der Waals surface area (Å²) in [6.07, 6.45) is 0. The first-order chi connectivity index (χ1) is 7.64. The van der Waals surface area contributed by atoms with Crippen LogP contribution in [0.3, 0.4) is 0 Å². The Hall–Kier alpha value is 0.924. The van der Waals surface area contributed by atoms with E-state index in [9.17, 15) is 0 Å². The van der Waals surface area contributed by atoms with E-state index in [0.29, 0.717) is 0 Å². The Labute approximate surface area is 114 Å². The molecule has 1 radical (unpaired) electrons. The second-order valence-corrected chi connectivity index (χ2v) is 17.6. The van der Waals surface area contributed by atoms with Crippen molar-refractivity contribution in [3.63, 3.8) is 0 Å². The SMILES string of the molecule is C[Si](C)O[Si](C)(O[SiH](C)C)O[SiH](C)O[SiH](C)C. The molecule has 0 spiro atoms. The average Bonchev–Trinajstić information content (AvgIpc) is 1.95. The molecule has 0 rings (SSSR count). The van der Waals surface area contributed by atoms with Crippen LogP contribution in [-0.2, 0) is 16.5 Å². The van der Waals surface area contributed by atoms with E-state index in [1.807, 2.05) is 6.55 Å². The molecule has 4 nitrogen and oxygen atoms in total. The molecule has 0 saturated carbocycles. The van der Waals surface area contributed by atoms with E-state index in [-0.39, 0.29) is 0 Å². The third-order valence-electron chi connectivity index (χ3n) is 1.68. The Morgan fingerprint density at radius 1 is 0.882 bits per heavy atom. The van der Waals surface area contributed by atoms with Crippen molar-refractivity contribution < 1.29 is 16.5 Å². The molecule has 2 atom stereocenters. The van der Waals surface area contributed by atoms with Crippen LogP contribution in [0.1, 0.15) is 0 Å². The smallest absolute Gasteiger partial charge is 0.442 e. The predicted octanol–water partition coefficient (Wildman–Crippen LogP) is 1.69. The van der Waals surface area contributed by atoms with Crippen molar-refractivity contribution in [3.05, 3.63) is 0 Å². The van der Waals surface area contributed by atoms with Gasteiger partial charge in [-0.3, -0.25) is 0 Å². The van der Waals surface area contributed by atoms with Crippen LogP contribution in [-0.4, -0.2) is 45.2 Å². The Kier molecular flexibility index (Phi) is 8.61. The van der Waals surface area contributed by atoms with Crippen molar-refractivity contribution in [1.29, 1.82) is 0 Å². The van der Waals surface area contributed by atoms with Gasteiger partial charge in [-0.1, -0.05) is 0 Å². The van der Waals surface area contributed by atoms with E-state index in [0.717, 1.165) is 0 Å². The molecule has 17 heavy (non-hydrogen) atoms. The highest BCUT2D eigenvalue weighted by atomic mass is 28.5. The summed E-state index contributed by atoms with van der Waals surface area (Å²) in [4.78, 5) is 0. The fraction of sp³-hybridized carbons (Fsp3) is 1.00. The van der Waals surface area contributed by atoms with E-state index in [4.69, 9.17) is 16.5 Å². The van der Waals surface area contributed by atoms with Crippen molar-refractivity contribution in [3.8, 4) is 0 Å². The molecule has 0 aliphatic carbocycles. The third-order valence-corrected chi connectivity index (χ3v) is 15.1. The van der Waals surface area contributed by atoms with E-state index in [1.54, 1.807) is 0 Å². The zero-order valence-corrected chi connectivity index (χ0v) is 17.8. The first-order valence-corrected chi connectivity index (χ1v) is 18.4. The summed E-state index contributed by atoms with van der Waals surface area (Å²) in [7, 11) is -6.99. The van der Waals surface area contributed by atoms with Gasteiger partial charge in [0.25, 0.3) is 9.28 Å². The van der Waals surface area contributed by atoms with Gasteiger partial charge in [0.1, 0.15) is 0 Å². The molecule has 2 unspecified atom stereocenters. The molecular formula is C8H27O4Si5. The van der Waals surface area contributed by atoms with Crippen molar-refractivity contribution >= 4 is 45.2 Å². The lowest BCUT2D eigenvalue weighted by atomic mass is 11.9. The van der Waals surface area contributed by atoms with Crippen LogP contribution in [0.5, 0.6) is 0 Å². The lowest BCUT2D eigenvalue weighted by Crippen LogP contribution is -2.52. The summed E-state index contributed by atoms with van der Waals surface area (Å²) < 4.78 is 24.0. The quantitative estimate of drug-likeness (QED) is 0.636. The molecule has 0 bridgehead atoms. The van der Waals surface area contributed by atoms with Gasteiger partial charge in [-0.15, -0.1) is 0 Å². The van der Waals surface area contributed by atoms with Gasteiger partial charge >= 0.3 is 8.80 Å². The molecule has 0 aliphatic heterocycles. The van der Waals surface area contributed by atoms with Crippen molar-refractivity contribution in [2.24, 2.45) is 0 Å². The minimum atomic E-state index is -2.44. The van der Waals surface area contributed by atoms with Crippen molar-refractivity contribution in [2.45, 2.75) is 52.4 Å². The third kappa shape index (κ3) is 9.50. The van der Waals surface area contributed by atoms with Crippen molar-refractivity contribution in [1.82, 2.24) is 0 Å². The van der Waals surface area contributed by atoms with Gasteiger partial charge in [-0.2, -0.15) is 0 Å². The maximum absolute atomic E-state index is 6.08. The van der Waals surface area contributed by atoms with Crippen LogP contribution in [0.2, 0.25) is 52.4 Å². The van der Waals surface area contributed by atoms with Gasteiger partial charge in [-0.05, 0) is 45.8 Å². The van der Waals surface area contributed by atoms with E-state index >= 15 is 0 Å². The first-order valence-electron chi connectivity index (χ1n) is 6.15. The summed E-state index contributed by atoms with van der Waals surface area (Å²) in [5.41, 5.74) is 0. The van der Waals surface area contributed by atoms with Crippen LogP contribution in [0, 0.1) is 0 Å². The van der Waals surface area contributed by atoms with Gasteiger partial charge in [0.05, 0.1) is 0 Å². The van der Waals surface area contributed by atoms with E-state index in [1.165, 1.54) is 0 Å². The molecule has 0 heterocycles. The second kappa shape index (κ2) is 8.17. The fourth-order valence-electron chi connectivity index (χ4n) is 1.59. The maximum Gasteiger partial charge on any atom is 0.467 e. The number of rotatable bonds is 8. The lowest BCUT2D eigenvalue weighted by molar-refractivity contribution is 0.257. The van der Waals surface area contributed by atoms with E-state index in [2.05, 4.69) is 45.8 Å². The zero-order valence-electron chi connectivity index (χ0n) is 12.4. The Balaban J connectivity index is 4.46. The predicted molar refractivity (Wildman–Crippen MR) is 84.2 cm³/mol. The van der Waals surface area contributed by atoms with Crippen molar-refractivity contribution in [2.75, 3.05) is 0 Å². The number of hydrogen-bond donors (Lipinski definition) is 0. The normalized spacial score (nSPS) is 15.0. The molecule has 0 saturated heterocycles. The molecule has 0 aliphatic rings. The Morgan fingerprint density at radius 3 is 1.76 bits per heavy atom. The highest BCUT2D eigenvalue weighted by molar-refractivity contribution is 6.79. The molecule has 0 N–H and O–H groups in total. The first kappa shape index (κ1) is 17.9. The summed E-state index contributed by atoms with van der Waals surface area (Å²) in [5, 5.41) is 0. The summed E-state index contributed by atoms with van der Waals surface area (Å²) in [5.74, 6) is 0. The average molecular weight is 328 g/mol. The topological polar surface area (TPSA) is 36.9 Å². The standard InChI is InChI=1S/C8H27O4Si5/c1-13(2)9-16(7)12-17(8,10-14(3)4)11-15(5)6/h13-14,16H,1-8H3. The molecule has 0 aromatic carbocycles. The maximum atomic E-state index is 6.08. The van der Waals surface area contributed by atoms with Crippen LogP contribution in [0.15, 0.2) is 0 Å². The summed E-state index contributed by atoms with van der Waals surface area (Å²) in [6.45, 7) is 17.0. The highest BCUT2D eigenvalue weighted by Gasteiger charge is 2.38. The Bertz CT molecular complexity index is 204. The second-order valence-electron chi connectivity index (χ2n) is 4.91. The van der Waals surface area contributed by atoms with Gasteiger partial charge in [0, 0.05) is 6.55 Å².